The van der Waals surface area contributed by atoms with Crippen LogP contribution in [-0.2, 0) is 17.5 Å². The number of carbonyl (C=O) groups excluding carboxylic acids is 1. The van der Waals surface area contributed by atoms with Crippen molar-refractivity contribution < 1.29 is 18.0 Å². The topological polar surface area (TPSA) is 64.7 Å². The summed E-state index contributed by atoms with van der Waals surface area (Å²) in [4.78, 5) is 12.3. The van der Waals surface area contributed by atoms with Gasteiger partial charge in [0.25, 0.3) is 0 Å². The van der Waals surface area contributed by atoms with Crippen LogP contribution in [0.4, 0.5) is 13.2 Å². The molecule has 0 fully saturated rings. The highest BCUT2D eigenvalue weighted by molar-refractivity contribution is 9.10. The Morgan fingerprint density at radius 1 is 1.26 bits per heavy atom. The maximum Gasteiger partial charge on any atom is 0.436 e. The minimum atomic E-state index is -4.59. The fourth-order valence-electron chi connectivity index (χ4n) is 2.65. The first-order valence-electron chi connectivity index (χ1n) is 8.24. The Hall–Kier alpha value is -1.55. The fraction of sp³-hybridized carbons (Fsp3) is 0.562. The summed E-state index contributed by atoms with van der Waals surface area (Å²) in [6.07, 6.45) is -3.99. The van der Waals surface area contributed by atoms with Crippen LogP contribution in [0.15, 0.2) is 4.47 Å². The molecule has 0 aliphatic heterocycles. The van der Waals surface area contributed by atoms with E-state index in [1.807, 2.05) is 13.8 Å². The van der Waals surface area contributed by atoms with Crippen molar-refractivity contribution in [3.05, 3.63) is 32.3 Å². The van der Waals surface area contributed by atoms with Crippen LogP contribution in [0.25, 0.3) is 0 Å². The summed E-state index contributed by atoms with van der Waals surface area (Å²) >= 11 is 8.99. The Labute approximate surface area is 168 Å². The molecule has 0 aliphatic carbocycles. The van der Waals surface area contributed by atoms with E-state index >= 15 is 0 Å². The molecule has 0 radical (unpaired) electrons. The van der Waals surface area contributed by atoms with Crippen molar-refractivity contribution in [3.63, 3.8) is 0 Å². The van der Waals surface area contributed by atoms with Crippen molar-refractivity contribution in [1.82, 2.24) is 24.9 Å². The summed E-state index contributed by atoms with van der Waals surface area (Å²) in [5, 5.41) is 11.2. The minimum absolute atomic E-state index is 0.156. The molecule has 0 bridgehead atoms. The summed E-state index contributed by atoms with van der Waals surface area (Å²) < 4.78 is 41.5. The van der Waals surface area contributed by atoms with E-state index in [2.05, 4.69) is 31.4 Å². The molecule has 0 aliphatic rings. The molecular weight excluding hydrogens is 451 g/mol. The van der Waals surface area contributed by atoms with Crippen LogP contribution in [0.1, 0.15) is 42.2 Å². The lowest BCUT2D eigenvalue weighted by atomic mass is 10.3. The zero-order valence-corrected chi connectivity index (χ0v) is 17.6. The molecular formula is C16H20BrClF3N5O. The Kier molecular flexibility index (Phi) is 6.62. The third-order valence-electron chi connectivity index (χ3n) is 4.23. The zero-order valence-electron chi connectivity index (χ0n) is 15.3. The molecule has 1 amide bonds. The summed E-state index contributed by atoms with van der Waals surface area (Å²) in [7, 11) is 0. The molecule has 11 heteroatoms. The molecule has 2 rings (SSSR count). The summed E-state index contributed by atoms with van der Waals surface area (Å²) in [5.74, 6) is -0.409. The van der Waals surface area contributed by atoms with Crippen molar-refractivity contribution >= 4 is 33.4 Å². The van der Waals surface area contributed by atoms with Crippen LogP contribution < -0.4 is 5.32 Å². The van der Waals surface area contributed by atoms with E-state index in [9.17, 15) is 18.0 Å². The number of aromatic nitrogens is 4. The van der Waals surface area contributed by atoms with E-state index in [4.69, 9.17) is 11.6 Å². The van der Waals surface area contributed by atoms with E-state index in [-0.39, 0.29) is 10.2 Å². The number of nitrogens with one attached hydrogen (secondary N) is 1. The van der Waals surface area contributed by atoms with Gasteiger partial charge in [0.05, 0.1) is 26.6 Å². The summed E-state index contributed by atoms with van der Waals surface area (Å²) in [5.41, 5.74) is 0.792. The second-order valence-corrected chi connectivity index (χ2v) is 7.39. The first-order chi connectivity index (χ1) is 12.4. The van der Waals surface area contributed by atoms with Gasteiger partial charge < -0.3 is 5.32 Å². The third kappa shape index (κ3) is 4.66. The Morgan fingerprint density at radius 3 is 2.37 bits per heavy atom. The van der Waals surface area contributed by atoms with Crippen LogP contribution in [0.3, 0.4) is 0 Å². The van der Waals surface area contributed by atoms with Crippen LogP contribution in [0.5, 0.6) is 0 Å². The van der Waals surface area contributed by atoms with Gasteiger partial charge in [0.1, 0.15) is 6.04 Å². The zero-order chi connectivity index (χ0) is 20.5. The molecule has 2 aromatic rings. The number of nitrogens with zero attached hydrogens (tertiary/aromatic N) is 4. The Balaban J connectivity index is 1.95. The number of amides is 1. The van der Waals surface area contributed by atoms with Gasteiger partial charge in [0, 0.05) is 13.1 Å². The predicted molar refractivity (Wildman–Crippen MR) is 98.7 cm³/mol. The van der Waals surface area contributed by atoms with Gasteiger partial charge in [-0.25, -0.2) is 0 Å². The van der Waals surface area contributed by atoms with E-state index in [0.717, 1.165) is 16.1 Å². The van der Waals surface area contributed by atoms with Gasteiger partial charge in [-0.15, -0.1) is 0 Å². The quantitative estimate of drug-likeness (QED) is 0.643. The monoisotopic (exact) mass is 469 g/mol. The number of halogens is 5. The van der Waals surface area contributed by atoms with Gasteiger partial charge in [-0.2, -0.15) is 23.4 Å². The highest BCUT2D eigenvalue weighted by Gasteiger charge is 2.38. The van der Waals surface area contributed by atoms with Gasteiger partial charge in [0.15, 0.2) is 5.69 Å². The van der Waals surface area contributed by atoms with Crippen LogP contribution in [-0.4, -0.2) is 32.0 Å². The number of alkyl halides is 3. The number of hydrogen-bond acceptors (Lipinski definition) is 3. The van der Waals surface area contributed by atoms with E-state index in [1.54, 1.807) is 4.68 Å². The van der Waals surface area contributed by atoms with Crippen LogP contribution >= 0.6 is 27.5 Å². The second kappa shape index (κ2) is 8.22. The van der Waals surface area contributed by atoms with Crippen molar-refractivity contribution in [2.75, 3.05) is 6.54 Å². The van der Waals surface area contributed by atoms with E-state index < -0.39 is 23.8 Å². The van der Waals surface area contributed by atoms with Crippen molar-refractivity contribution in [2.45, 2.75) is 52.9 Å². The Morgan fingerprint density at radius 2 is 1.89 bits per heavy atom. The maximum absolute atomic E-state index is 13.0. The van der Waals surface area contributed by atoms with Gasteiger partial charge in [-0.1, -0.05) is 11.6 Å². The van der Waals surface area contributed by atoms with Gasteiger partial charge >= 0.3 is 6.18 Å². The molecule has 0 saturated heterocycles. The average molecular weight is 471 g/mol. The smallest absolute Gasteiger partial charge is 0.354 e. The molecule has 27 heavy (non-hydrogen) atoms. The molecule has 0 saturated carbocycles. The SMILES string of the molecule is Cc1nn(CCCNC(=O)C(C)n2nc(C(F)(F)F)c(Br)c2C)c(C)c1Cl. The molecule has 6 nitrogen and oxygen atoms in total. The van der Waals surface area contributed by atoms with E-state index in [1.165, 1.54) is 13.8 Å². The van der Waals surface area contributed by atoms with Gasteiger partial charge in [-0.3, -0.25) is 14.2 Å². The molecule has 150 valence electrons. The van der Waals surface area contributed by atoms with Gasteiger partial charge in [-0.05, 0) is 50.0 Å². The summed E-state index contributed by atoms with van der Waals surface area (Å²) in [6.45, 7) is 7.57. The second-order valence-electron chi connectivity index (χ2n) is 6.22. The van der Waals surface area contributed by atoms with E-state index in [0.29, 0.717) is 24.5 Å². The molecule has 0 aromatic carbocycles. The fourth-order valence-corrected chi connectivity index (χ4v) is 3.27. The first-order valence-corrected chi connectivity index (χ1v) is 9.41. The number of hydrogen-bond donors (Lipinski definition) is 1. The maximum atomic E-state index is 13.0. The number of carbonyl (C=O) groups is 1. The Bertz CT molecular complexity index is 846. The van der Waals surface area contributed by atoms with Gasteiger partial charge in [0.2, 0.25) is 5.91 Å². The highest BCUT2D eigenvalue weighted by atomic mass is 79.9. The third-order valence-corrected chi connectivity index (χ3v) is 5.73. The number of rotatable bonds is 6. The van der Waals surface area contributed by atoms with Crippen molar-refractivity contribution in [3.8, 4) is 0 Å². The lowest BCUT2D eigenvalue weighted by Crippen LogP contribution is -2.33. The first kappa shape index (κ1) is 21.7. The van der Waals surface area contributed by atoms with Crippen LogP contribution in [0.2, 0.25) is 5.02 Å². The molecule has 1 atom stereocenters. The standard InChI is InChI=1S/C16H20BrClF3N5O/c1-8-13(18)10(3)25(23-8)7-5-6-22-15(27)11(4)26-9(2)12(17)14(24-26)16(19,20)21/h11H,5-7H2,1-4H3,(H,22,27). The summed E-state index contributed by atoms with van der Waals surface area (Å²) in [6, 6.07) is -0.875. The molecule has 0 spiro atoms. The molecule has 2 heterocycles. The lowest BCUT2D eigenvalue weighted by Gasteiger charge is -2.14. The largest absolute Gasteiger partial charge is 0.436 e. The lowest BCUT2D eigenvalue weighted by molar-refractivity contribution is -0.142. The predicted octanol–water partition coefficient (Wildman–Crippen LogP) is 4.21. The molecule has 2 aromatic heterocycles. The normalized spacial score (nSPS) is 13.1. The molecule has 1 N–H and O–H groups in total. The van der Waals surface area contributed by atoms with Crippen molar-refractivity contribution in [2.24, 2.45) is 0 Å². The van der Waals surface area contributed by atoms with Crippen molar-refractivity contribution in [1.29, 1.82) is 0 Å². The minimum Gasteiger partial charge on any atom is -0.354 e. The molecule has 1 unspecified atom stereocenters. The highest BCUT2D eigenvalue weighted by Crippen LogP contribution is 2.36. The van der Waals surface area contributed by atoms with Crippen LogP contribution in [0, 0.1) is 20.8 Å². The average Bonchev–Trinajstić information content (AvgIpc) is 3.02. The number of aryl methyl sites for hydroxylation is 2.